The fourth-order valence-corrected chi connectivity index (χ4v) is 4.19. The summed E-state index contributed by atoms with van der Waals surface area (Å²) in [6.45, 7) is 0. The van der Waals surface area contributed by atoms with Gasteiger partial charge in [0.15, 0.2) is 0 Å². The number of fused-ring (bicyclic) bond motifs is 8. The summed E-state index contributed by atoms with van der Waals surface area (Å²) in [5, 5.41) is 0. The Balaban J connectivity index is 1.92. The van der Waals surface area contributed by atoms with Gasteiger partial charge in [-0.25, -0.2) is 4.98 Å². The number of imidazole rings is 1. The monoisotopic (exact) mass is 396 g/mol. The van der Waals surface area contributed by atoms with Crippen LogP contribution in [0.25, 0.3) is 22.4 Å². The molecular formula is C19H13IN2. The molecule has 1 aliphatic heterocycles. The molecule has 22 heavy (non-hydrogen) atoms. The van der Waals surface area contributed by atoms with Gasteiger partial charge in [0.25, 0.3) is 0 Å². The normalized spacial score (nSPS) is 21.5. The summed E-state index contributed by atoms with van der Waals surface area (Å²) < 4.78 is 3.68. The van der Waals surface area contributed by atoms with E-state index in [0.717, 1.165) is 11.3 Å². The summed E-state index contributed by atoms with van der Waals surface area (Å²) in [7, 11) is 0. The highest BCUT2D eigenvalue weighted by molar-refractivity contribution is 14.1. The highest BCUT2D eigenvalue weighted by Crippen LogP contribution is 2.47. The summed E-state index contributed by atoms with van der Waals surface area (Å²) in [6, 6.07) is 15.4. The SMILES string of the molecule is Ic1ccc2c(c1)C1C=CC=CC1n1c-2nc2ccccc21. The summed E-state index contributed by atoms with van der Waals surface area (Å²) in [4.78, 5) is 4.92. The second-order valence-corrected chi connectivity index (χ2v) is 7.06. The number of hydrogen-bond donors (Lipinski definition) is 0. The molecular weight excluding hydrogens is 383 g/mol. The molecule has 2 aliphatic rings. The van der Waals surface area contributed by atoms with Crippen LogP contribution in [0, 0.1) is 3.57 Å². The van der Waals surface area contributed by atoms with E-state index in [1.54, 1.807) is 0 Å². The molecule has 2 nitrogen and oxygen atoms in total. The molecule has 1 aliphatic carbocycles. The second-order valence-electron chi connectivity index (χ2n) is 5.81. The van der Waals surface area contributed by atoms with E-state index in [1.807, 2.05) is 0 Å². The van der Waals surface area contributed by atoms with E-state index in [1.165, 1.54) is 20.2 Å². The highest BCUT2D eigenvalue weighted by atomic mass is 127. The van der Waals surface area contributed by atoms with Crippen LogP contribution < -0.4 is 0 Å². The fraction of sp³-hybridized carbons (Fsp3) is 0.105. The van der Waals surface area contributed by atoms with Crippen LogP contribution in [0.15, 0.2) is 66.8 Å². The van der Waals surface area contributed by atoms with Gasteiger partial charge in [-0.2, -0.15) is 0 Å². The van der Waals surface area contributed by atoms with E-state index in [9.17, 15) is 0 Å². The van der Waals surface area contributed by atoms with E-state index in [-0.39, 0.29) is 0 Å². The molecule has 0 saturated carbocycles. The van der Waals surface area contributed by atoms with Crippen molar-refractivity contribution >= 4 is 33.6 Å². The molecule has 5 rings (SSSR count). The van der Waals surface area contributed by atoms with Crippen molar-refractivity contribution in [3.63, 3.8) is 0 Å². The van der Waals surface area contributed by atoms with Crippen molar-refractivity contribution in [3.8, 4) is 11.4 Å². The van der Waals surface area contributed by atoms with Crippen molar-refractivity contribution < 1.29 is 0 Å². The van der Waals surface area contributed by atoms with Gasteiger partial charge < -0.3 is 4.57 Å². The van der Waals surface area contributed by atoms with Gasteiger partial charge in [-0.05, 0) is 58.5 Å². The topological polar surface area (TPSA) is 17.8 Å². The van der Waals surface area contributed by atoms with Gasteiger partial charge in [0.1, 0.15) is 5.82 Å². The molecule has 0 bridgehead atoms. The first-order valence-corrected chi connectivity index (χ1v) is 8.52. The minimum atomic E-state index is 0.318. The van der Waals surface area contributed by atoms with Crippen LogP contribution in [-0.2, 0) is 0 Å². The van der Waals surface area contributed by atoms with E-state index in [4.69, 9.17) is 4.98 Å². The first kappa shape index (κ1) is 12.6. The zero-order chi connectivity index (χ0) is 14.7. The standard InChI is InChI=1S/C19H13IN2/c20-12-9-10-14-15(11-12)13-5-1-3-7-17(13)22-18-8-4-2-6-16(18)21-19(14)22/h1-11,13,17H. The minimum absolute atomic E-state index is 0.318. The third-order valence-corrected chi connectivity index (χ3v) is 5.28. The van der Waals surface area contributed by atoms with E-state index in [2.05, 4.69) is 93.9 Å². The van der Waals surface area contributed by atoms with Gasteiger partial charge in [0.05, 0.1) is 17.1 Å². The van der Waals surface area contributed by atoms with E-state index >= 15 is 0 Å². The predicted octanol–water partition coefficient (Wildman–Crippen LogP) is 5.07. The molecule has 0 spiro atoms. The van der Waals surface area contributed by atoms with Crippen LogP contribution in [-0.4, -0.2) is 9.55 Å². The first-order chi connectivity index (χ1) is 10.8. The van der Waals surface area contributed by atoms with Crippen LogP contribution >= 0.6 is 22.6 Å². The second kappa shape index (κ2) is 4.56. The van der Waals surface area contributed by atoms with Gasteiger partial charge in [0, 0.05) is 15.1 Å². The number of nitrogens with zero attached hydrogens (tertiary/aromatic N) is 2. The molecule has 0 radical (unpaired) electrons. The van der Waals surface area contributed by atoms with Gasteiger partial charge in [-0.1, -0.05) is 36.4 Å². The Kier molecular flexibility index (Phi) is 2.62. The third kappa shape index (κ3) is 1.63. The number of aromatic nitrogens is 2. The Morgan fingerprint density at radius 3 is 2.82 bits per heavy atom. The average Bonchev–Trinajstić information content (AvgIpc) is 2.94. The number of benzene rings is 2. The van der Waals surface area contributed by atoms with E-state index in [0.29, 0.717) is 12.0 Å². The Morgan fingerprint density at radius 1 is 1.00 bits per heavy atom. The summed E-state index contributed by atoms with van der Waals surface area (Å²) in [6.07, 6.45) is 8.93. The molecule has 3 heteroatoms. The van der Waals surface area contributed by atoms with Crippen LogP contribution in [0.5, 0.6) is 0 Å². The lowest BCUT2D eigenvalue weighted by molar-refractivity contribution is 0.548. The summed E-state index contributed by atoms with van der Waals surface area (Å²) >= 11 is 2.39. The lowest BCUT2D eigenvalue weighted by Crippen LogP contribution is -2.22. The Bertz CT molecular complexity index is 965. The van der Waals surface area contributed by atoms with E-state index < -0.39 is 0 Å². The summed E-state index contributed by atoms with van der Waals surface area (Å²) in [5.74, 6) is 1.48. The molecule has 1 aromatic heterocycles. The molecule has 106 valence electrons. The number of allylic oxidation sites excluding steroid dienone is 4. The minimum Gasteiger partial charge on any atom is -0.316 e. The third-order valence-electron chi connectivity index (χ3n) is 4.61. The molecule has 0 N–H and O–H groups in total. The largest absolute Gasteiger partial charge is 0.316 e. The van der Waals surface area contributed by atoms with Crippen LogP contribution in [0.3, 0.4) is 0 Å². The van der Waals surface area contributed by atoms with Crippen LogP contribution in [0.1, 0.15) is 17.5 Å². The first-order valence-electron chi connectivity index (χ1n) is 7.45. The Hall–Kier alpha value is -1.88. The Labute approximate surface area is 142 Å². The molecule has 0 fully saturated rings. The van der Waals surface area contributed by atoms with Crippen molar-refractivity contribution in [1.82, 2.24) is 9.55 Å². The Morgan fingerprint density at radius 2 is 1.86 bits per heavy atom. The quantitative estimate of drug-likeness (QED) is 0.485. The predicted molar refractivity (Wildman–Crippen MR) is 97.9 cm³/mol. The maximum absolute atomic E-state index is 4.92. The molecule has 2 atom stereocenters. The van der Waals surface area contributed by atoms with Crippen molar-refractivity contribution in [2.45, 2.75) is 12.0 Å². The van der Waals surface area contributed by atoms with Gasteiger partial charge in [-0.15, -0.1) is 0 Å². The number of halogens is 1. The van der Waals surface area contributed by atoms with Crippen LogP contribution in [0.2, 0.25) is 0 Å². The van der Waals surface area contributed by atoms with Crippen LogP contribution in [0.4, 0.5) is 0 Å². The molecule has 2 heterocycles. The van der Waals surface area contributed by atoms with Crippen molar-refractivity contribution in [2.24, 2.45) is 0 Å². The number of hydrogen-bond acceptors (Lipinski definition) is 1. The number of rotatable bonds is 0. The summed E-state index contributed by atoms with van der Waals surface area (Å²) in [5.41, 5.74) is 4.94. The lowest BCUT2D eigenvalue weighted by Gasteiger charge is -2.33. The maximum Gasteiger partial charge on any atom is 0.142 e. The van der Waals surface area contributed by atoms with Crippen molar-refractivity contribution in [3.05, 3.63) is 75.9 Å². The van der Waals surface area contributed by atoms with Crippen molar-refractivity contribution in [1.29, 1.82) is 0 Å². The molecule has 2 unspecified atom stereocenters. The molecule has 3 aromatic rings. The zero-order valence-electron chi connectivity index (χ0n) is 11.8. The lowest BCUT2D eigenvalue weighted by atomic mass is 9.82. The molecule has 2 aromatic carbocycles. The fourth-order valence-electron chi connectivity index (χ4n) is 3.68. The van der Waals surface area contributed by atoms with Gasteiger partial charge in [0.2, 0.25) is 0 Å². The average molecular weight is 396 g/mol. The van der Waals surface area contributed by atoms with Gasteiger partial charge >= 0.3 is 0 Å². The molecule has 0 amide bonds. The smallest absolute Gasteiger partial charge is 0.142 e. The van der Waals surface area contributed by atoms with Crippen molar-refractivity contribution in [2.75, 3.05) is 0 Å². The number of para-hydroxylation sites is 2. The maximum atomic E-state index is 4.92. The highest BCUT2D eigenvalue weighted by Gasteiger charge is 2.33. The zero-order valence-corrected chi connectivity index (χ0v) is 13.9. The molecule has 0 saturated heterocycles. The van der Waals surface area contributed by atoms with Gasteiger partial charge in [-0.3, -0.25) is 0 Å².